The highest BCUT2D eigenvalue weighted by Crippen LogP contribution is 2.24. The van der Waals surface area contributed by atoms with E-state index >= 15 is 0 Å². The van der Waals surface area contributed by atoms with Gasteiger partial charge in [0, 0.05) is 18.5 Å². The summed E-state index contributed by atoms with van der Waals surface area (Å²) in [5, 5.41) is 0. The molecule has 1 rings (SSSR count). The summed E-state index contributed by atoms with van der Waals surface area (Å²) < 4.78 is 0. The van der Waals surface area contributed by atoms with Gasteiger partial charge in [0.25, 0.3) is 0 Å². The van der Waals surface area contributed by atoms with Crippen molar-refractivity contribution in [3.8, 4) is 0 Å². The van der Waals surface area contributed by atoms with E-state index in [1.54, 1.807) is 0 Å². The van der Waals surface area contributed by atoms with Crippen LogP contribution in [0.2, 0.25) is 0 Å². The maximum Gasteiger partial charge on any atom is 0.0235 e. The molecule has 0 aliphatic heterocycles. The minimum Gasteiger partial charge on any atom is -0.300 e. The molecule has 14 heavy (non-hydrogen) atoms. The van der Waals surface area contributed by atoms with Crippen LogP contribution in [0, 0.1) is 5.92 Å². The summed E-state index contributed by atoms with van der Waals surface area (Å²) in [6, 6.07) is 0.862. The largest absolute Gasteiger partial charge is 0.300 e. The van der Waals surface area contributed by atoms with E-state index in [9.17, 15) is 0 Å². The zero-order valence-electron chi connectivity index (χ0n) is 9.64. The van der Waals surface area contributed by atoms with Gasteiger partial charge in [-0.3, -0.25) is 0 Å². The Balaban J connectivity index is 2.34. The van der Waals surface area contributed by atoms with Crippen LogP contribution in [0.4, 0.5) is 0 Å². The minimum absolute atomic E-state index is 0.783. The Morgan fingerprint density at radius 2 is 1.93 bits per heavy atom. The molecule has 84 valence electrons. The molecular weight excluding hydrogens is 194 g/mol. The van der Waals surface area contributed by atoms with E-state index in [0.29, 0.717) is 0 Å². The second kappa shape index (κ2) is 6.68. The zero-order valence-corrected chi connectivity index (χ0v) is 10.4. The van der Waals surface area contributed by atoms with Crippen molar-refractivity contribution >= 4 is 11.6 Å². The van der Waals surface area contributed by atoms with Gasteiger partial charge in [0.1, 0.15) is 0 Å². The molecule has 0 saturated heterocycles. The van der Waals surface area contributed by atoms with Gasteiger partial charge in [-0.2, -0.15) is 0 Å². The lowest BCUT2D eigenvalue weighted by atomic mass is 10.1. The van der Waals surface area contributed by atoms with E-state index in [0.717, 1.165) is 24.3 Å². The first-order valence-electron chi connectivity index (χ1n) is 6.04. The predicted octanol–water partition coefficient (Wildman–Crippen LogP) is 3.52. The van der Waals surface area contributed by atoms with Crippen LogP contribution in [0.25, 0.3) is 0 Å². The number of hydrogen-bond acceptors (Lipinski definition) is 1. The molecule has 0 unspecified atom stereocenters. The summed E-state index contributed by atoms with van der Waals surface area (Å²) in [5.41, 5.74) is 0. The second-order valence-electron chi connectivity index (χ2n) is 4.87. The maximum atomic E-state index is 5.76. The summed E-state index contributed by atoms with van der Waals surface area (Å²) in [6.45, 7) is 7.07. The number of halogens is 1. The van der Waals surface area contributed by atoms with Crippen LogP contribution in [0.3, 0.4) is 0 Å². The van der Waals surface area contributed by atoms with Gasteiger partial charge in [0.15, 0.2) is 0 Å². The smallest absolute Gasteiger partial charge is 0.0235 e. The normalized spacial score (nSPS) is 18.6. The van der Waals surface area contributed by atoms with E-state index in [-0.39, 0.29) is 0 Å². The first-order chi connectivity index (χ1) is 6.74. The van der Waals surface area contributed by atoms with Crippen molar-refractivity contribution in [1.29, 1.82) is 0 Å². The highest BCUT2D eigenvalue weighted by molar-refractivity contribution is 6.17. The van der Waals surface area contributed by atoms with Crippen molar-refractivity contribution in [3.05, 3.63) is 0 Å². The summed E-state index contributed by atoms with van der Waals surface area (Å²) in [6.07, 6.45) is 6.83. The maximum absolute atomic E-state index is 5.76. The van der Waals surface area contributed by atoms with Gasteiger partial charge in [-0.05, 0) is 31.7 Å². The monoisotopic (exact) mass is 217 g/mol. The van der Waals surface area contributed by atoms with E-state index in [4.69, 9.17) is 11.6 Å². The van der Waals surface area contributed by atoms with Gasteiger partial charge in [0.05, 0.1) is 0 Å². The molecule has 1 saturated carbocycles. The van der Waals surface area contributed by atoms with Gasteiger partial charge >= 0.3 is 0 Å². The van der Waals surface area contributed by atoms with Gasteiger partial charge in [-0.25, -0.2) is 0 Å². The van der Waals surface area contributed by atoms with Gasteiger partial charge in [-0.15, -0.1) is 11.6 Å². The minimum atomic E-state index is 0.783. The van der Waals surface area contributed by atoms with Crippen LogP contribution in [0.15, 0.2) is 0 Å². The molecule has 0 aromatic carbocycles. The van der Waals surface area contributed by atoms with Crippen molar-refractivity contribution in [2.24, 2.45) is 5.92 Å². The first-order valence-corrected chi connectivity index (χ1v) is 6.57. The summed E-state index contributed by atoms with van der Waals surface area (Å²) >= 11 is 5.76. The lowest BCUT2D eigenvalue weighted by Gasteiger charge is -2.30. The molecule has 0 heterocycles. The Hall–Kier alpha value is 0.250. The van der Waals surface area contributed by atoms with Crippen molar-refractivity contribution in [3.63, 3.8) is 0 Å². The summed E-state index contributed by atoms with van der Waals surface area (Å²) in [5.74, 6) is 1.59. The molecule has 0 amide bonds. The Morgan fingerprint density at radius 1 is 1.29 bits per heavy atom. The number of nitrogens with zero attached hydrogens (tertiary/aromatic N) is 1. The predicted molar refractivity (Wildman–Crippen MR) is 64.0 cm³/mol. The average molecular weight is 218 g/mol. The van der Waals surface area contributed by atoms with Crippen LogP contribution in [0.5, 0.6) is 0 Å². The fourth-order valence-corrected chi connectivity index (χ4v) is 2.54. The van der Waals surface area contributed by atoms with E-state index in [2.05, 4.69) is 18.7 Å². The van der Waals surface area contributed by atoms with Crippen LogP contribution in [0.1, 0.15) is 46.0 Å². The lowest BCUT2D eigenvalue weighted by Crippen LogP contribution is -2.37. The fourth-order valence-electron chi connectivity index (χ4n) is 2.42. The summed E-state index contributed by atoms with van der Waals surface area (Å²) in [7, 11) is 0. The molecule has 0 bridgehead atoms. The zero-order chi connectivity index (χ0) is 10.4. The lowest BCUT2D eigenvalue weighted by molar-refractivity contribution is 0.178. The van der Waals surface area contributed by atoms with Crippen molar-refractivity contribution in [2.45, 2.75) is 52.0 Å². The Bertz CT molecular complexity index is 141. The molecule has 0 N–H and O–H groups in total. The molecular formula is C12H24ClN. The highest BCUT2D eigenvalue weighted by atomic mass is 35.5. The summed E-state index contributed by atoms with van der Waals surface area (Å²) in [4.78, 5) is 2.67. The fraction of sp³-hybridized carbons (Fsp3) is 1.00. The molecule has 0 radical (unpaired) electrons. The first kappa shape index (κ1) is 12.3. The molecule has 0 aromatic rings. The third-order valence-corrected chi connectivity index (χ3v) is 3.29. The third-order valence-electron chi connectivity index (χ3n) is 3.02. The van der Waals surface area contributed by atoms with Gasteiger partial charge < -0.3 is 4.90 Å². The number of rotatable bonds is 6. The standard InChI is InChI=1S/C12H24ClN/c1-11(2)10-14(9-5-8-13)12-6-3-4-7-12/h11-12H,3-10H2,1-2H3. The Morgan fingerprint density at radius 3 is 2.43 bits per heavy atom. The van der Waals surface area contributed by atoms with E-state index in [1.807, 2.05) is 0 Å². The second-order valence-corrected chi connectivity index (χ2v) is 5.25. The molecule has 0 atom stereocenters. The van der Waals surface area contributed by atoms with Crippen LogP contribution in [-0.2, 0) is 0 Å². The average Bonchev–Trinajstić information content (AvgIpc) is 2.64. The van der Waals surface area contributed by atoms with E-state index < -0.39 is 0 Å². The molecule has 0 spiro atoms. The molecule has 1 fully saturated rings. The van der Waals surface area contributed by atoms with Gasteiger partial charge in [0.2, 0.25) is 0 Å². The molecule has 1 aliphatic carbocycles. The van der Waals surface area contributed by atoms with Crippen molar-refractivity contribution < 1.29 is 0 Å². The quantitative estimate of drug-likeness (QED) is 0.616. The van der Waals surface area contributed by atoms with Gasteiger partial charge in [-0.1, -0.05) is 26.7 Å². The highest BCUT2D eigenvalue weighted by Gasteiger charge is 2.22. The molecule has 2 heteroatoms. The SMILES string of the molecule is CC(C)CN(CCCCl)C1CCCC1. The molecule has 1 nitrogen and oxygen atoms in total. The van der Waals surface area contributed by atoms with Crippen molar-refractivity contribution in [2.75, 3.05) is 19.0 Å². The third kappa shape index (κ3) is 4.18. The Kier molecular flexibility index (Phi) is 5.88. The van der Waals surface area contributed by atoms with E-state index in [1.165, 1.54) is 38.8 Å². The van der Waals surface area contributed by atoms with Crippen LogP contribution >= 0.6 is 11.6 Å². The topological polar surface area (TPSA) is 3.24 Å². The van der Waals surface area contributed by atoms with Crippen LogP contribution in [-0.4, -0.2) is 29.9 Å². The Labute approximate surface area is 93.8 Å². The van der Waals surface area contributed by atoms with Crippen LogP contribution < -0.4 is 0 Å². The van der Waals surface area contributed by atoms with Crippen molar-refractivity contribution in [1.82, 2.24) is 4.90 Å². The molecule has 1 aliphatic rings. The number of alkyl halides is 1. The number of hydrogen-bond donors (Lipinski definition) is 0. The molecule has 0 aromatic heterocycles.